The number of rotatable bonds is 62. The van der Waals surface area contributed by atoms with E-state index in [1.807, 2.05) is 0 Å². The molecule has 0 aromatic heterocycles. The standard InChI is InChI=1S/C66H128O6/c1-4-7-10-13-15-17-19-21-23-25-27-28-29-30-31-32-33-34-35-36-37-38-39-41-42-44-46-48-50-53-56-59-65(68)71-62-63(61-70-64(67)58-55-52-12-9-6-3)72-66(69)60-57-54-51-49-47-45-43-40-26-24-22-20-18-16-14-11-8-5-2/h63H,4-62H2,1-3H3. The minimum absolute atomic E-state index is 0.0624. The van der Waals surface area contributed by atoms with Gasteiger partial charge in [0.1, 0.15) is 13.2 Å². The molecule has 6 heteroatoms. The number of hydrogen-bond donors (Lipinski definition) is 0. The van der Waals surface area contributed by atoms with Crippen LogP contribution in [-0.2, 0) is 28.6 Å². The van der Waals surface area contributed by atoms with Crippen molar-refractivity contribution >= 4 is 17.9 Å². The van der Waals surface area contributed by atoms with E-state index in [9.17, 15) is 14.4 Å². The van der Waals surface area contributed by atoms with Crippen molar-refractivity contribution in [1.82, 2.24) is 0 Å². The van der Waals surface area contributed by atoms with Crippen LogP contribution in [0.4, 0.5) is 0 Å². The molecular weight excluding hydrogens is 889 g/mol. The Morgan fingerprint density at radius 2 is 0.375 bits per heavy atom. The molecule has 0 radical (unpaired) electrons. The largest absolute Gasteiger partial charge is 0.462 e. The lowest BCUT2D eigenvalue weighted by atomic mass is 10.0. The van der Waals surface area contributed by atoms with E-state index in [4.69, 9.17) is 14.2 Å². The summed E-state index contributed by atoms with van der Waals surface area (Å²) in [5, 5.41) is 0. The first-order valence-corrected chi connectivity index (χ1v) is 33.0. The van der Waals surface area contributed by atoms with Crippen molar-refractivity contribution in [3.05, 3.63) is 0 Å². The molecule has 72 heavy (non-hydrogen) atoms. The second-order valence-electron chi connectivity index (χ2n) is 22.8. The average molecular weight is 1020 g/mol. The fourth-order valence-corrected chi connectivity index (χ4v) is 10.4. The van der Waals surface area contributed by atoms with Crippen molar-refractivity contribution in [2.45, 2.75) is 393 Å². The van der Waals surface area contributed by atoms with Crippen molar-refractivity contribution in [3.8, 4) is 0 Å². The molecule has 1 unspecified atom stereocenters. The summed E-state index contributed by atoms with van der Waals surface area (Å²) in [6, 6.07) is 0. The maximum absolute atomic E-state index is 12.8. The molecule has 1 atom stereocenters. The van der Waals surface area contributed by atoms with Gasteiger partial charge in [0.05, 0.1) is 0 Å². The number of carbonyl (C=O) groups is 3. The van der Waals surface area contributed by atoms with Gasteiger partial charge < -0.3 is 14.2 Å². The van der Waals surface area contributed by atoms with Crippen LogP contribution in [-0.4, -0.2) is 37.2 Å². The summed E-state index contributed by atoms with van der Waals surface area (Å²) in [4.78, 5) is 37.9. The van der Waals surface area contributed by atoms with Crippen molar-refractivity contribution in [2.24, 2.45) is 0 Å². The Morgan fingerprint density at radius 3 is 0.556 bits per heavy atom. The zero-order valence-corrected chi connectivity index (χ0v) is 49.2. The highest BCUT2D eigenvalue weighted by molar-refractivity contribution is 5.71. The number of esters is 3. The van der Waals surface area contributed by atoms with Crippen LogP contribution in [0.15, 0.2) is 0 Å². The fraction of sp³-hybridized carbons (Fsp3) is 0.955. The Kier molecular flexibility index (Phi) is 60.6. The molecule has 0 bridgehead atoms. The van der Waals surface area contributed by atoms with Crippen molar-refractivity contribution in [3.63, 3.8) is 0 Å². The number of unbranched alkanes of at least 4 members (excludes halogenated alkanes) is 51. The van der Waals surface area contributed by atoms with E-state index < -0.39 is 6.10 Å². The maximum Gasteiger partial charge on any atom is 0.306 e. The van der Waals surface area contributed by atoms with Gasteiger partial charge in [-0.1, -0.05) is 348 Å². The van der Waals surface area contributed by atoms with E-state index in [0.29, 0.717) is 19.3 Å². The minimum Gasteiger partial charge on any atom is -0.462 e. The molecule has 0 amide bonds. The fourth-order valence-electron chi connectivity index (χ4n) is 10.4. The maximum atomic E-state index is 12.8. The van der Waals surface area contributed by atoms with Gasteiger partial charge in [0.2, 0.25) is 0 Å². The molecule has 0 aromatic carbocycles. The van der Waals surface area contributed by atoms with Gasteiger partial charge in [0, 0.05) is 19.3 Å². The molecule has 0 aliphatic carbocycles. The molecule has 0 aliphatic heterocycles. The van der Waals surface area contributed by atoms with Crippen molar-refractivity contribution < 1.29 is 28.6 Å². The lowest BCUT2D eigenvalue weighted by molar-refractivity contribution is -0.167. The van der Waals surface area contributed by atoms with Gasteiger partial charge >= 0.3 is 17.9 Å². The van der Waals surface area contributed by atoms with E-state index >= 15 is 0 Å². The molecule has 0 fully saturated rings. The SMILES string of the molecule is CCCCCCCCCCCCCCCCCCCCCCCCCCCCCCCCCC(=O)OCC(COC(=O)CCCCCCC)OC(=O)CCCCCCCCCCCCCCCCCCCC. The summed E-state index contributed by atoms with van der Waals surface area (Å²) in [7, 11) is 0. The topological polar surface area (TPSA) is 78.9 Å². The van der Waals surface area contributed by atoms with Gasteiger partial charge in [-0.05, 0) is 19.3 Å². The second-order valence-corrected chi connectivity index (χ2v) is 22.8. The van der Waals surface area contributed by atoms with Gasteiger partial charge in [0.15, 0.2) is 6.10 Å². The van der Waals surface area contributed by atoms with Crippen LogP contribution in [0.5, 0.6) is 0 Å². The Labute approximate surface area is 450 Å². The van der Waals surface area contributed by atoms with E-state index in [1.54, 1.807) is 0 Å². The normalized spacial score (nSPS) is 11.9. The van der Waals surface area contributed by atoms with Crippen LogP contribution in [0.1, 0.15) is 387 Å². The molecule has 0 aliphatic rings. The molecule has 0 aromatic rings. The van der Waals surface area contributed by atoms with E-state index in [2.05, 4.69) is 20.8 Å². The molecular formula is C66H128O6. The van der Waals surface area contributed by atoms with Gasteiger partial charge in [-0.15, -0.1) is 0 Å². The van der Waals surface area contributed by atoms with Crippen molar-refractivity contribution in [2.75, 3.05) is 13.2 Å². The van der Waals surface area contributed by atoms with Crippen LogP contribution >= 0.6 is 0 Å². The molecule has 0 saturated carbocycles. The first-order valence-electron chi connectivity index (χ1n) is 33.0. The summed E-state index contributed by atoms with van der Waals surface area (Å²) in [6.45, 7) is 6.64. The predicted molar refractivity (Wildman–Crippen MR) is 312 cm³/mol. The molecule has 0 spiro atoms. The third-order valence-corrected chi connectivity index (χ3v) is 15.4. The third-order valence-electron chi connectivity index (χ3n) is 15.4. The highest BCUT2D eigenvalue weighted by Crippen LogP contribution is 2.19. The Morgan fingerprint density at radius 1 is 0.222 bits per heavy atom. The number of hydrogen-bond acceptors (Lipinski definition) is 6. The molecule has 0 rings (SSSR count). The second kappa shape index (κ2) is 62.0. The zero-order chi connectivity index (χ0) is 52.2. The van der Waals surface area contributed by atoms with Gasteiger partial charge in [-0.2, -0.15) is 0 Å². The summed E-state index contributed by atoms with van der Waals surface area (Å²) >= 11 is 0. The van der Waals surface area contributed by atoms with Gasteiger partial charge in [-0.3, -0.25) is 14.4 Å². The summed E-state index contributed by atoms with van der Waals surface area (Å²) in [5.41, 5.74) is 0. The molecule has 0 saturated heterocycles. The Balaban J connectivity index is 3.87. The van der Waals surface area contributed by atoms with E-state index in [-0.39, 0.29) is 31.1 Å². The predicted octanol–water partition coefficient (Wildman–Crippen LogP) is 22.3. The van der Waals surface area contributed by atoms with Gasteiger partial charge in [-0.25, -0.2) is 0 Å². The quantitative estimate of drug-likeness (QED) is 0.0343. The average Bonchev–Trinajstić information content (AvgIpc) is 3.38. The molecule has 0 N–H and O–H groups in total. The molecule has 0 heterocycles. The Hall–Kier alpha value is -1.59. The highest BCUT2D eigenvalue weighted by atomic mass is 16.6. The summed E-state index contributed by atoms with van der Waals surface area (Å²) < 4.78 is 16.8. The van der Waals surface area contributed by atoms with Crippen LogP contribution in [0.3, 0.4) is 0 Å². The monoisotopic (exact) mass is 1020 g/mol. The molecule has 6 nitrogen and oxygen atoms in total. The van der Waals surface area contributed by atoms with Gasteiger partial charge in [0.25, 0.3) is 0 Å². The van der Waals surface area contributed by atoms with Crippen LogP contribution in [0.25, 0.3) is 0 Å². The van der Waals surface area contributed by atoms with Crippen LogP contribution < -0.4 is 0 Å². The lowest BCUT2D eigenvalue weighted by Gasteiger charge is -2.18. The third kappa shape index (κ3) is 59.3. The minimum atomic E-state index is -0.760. The number of ether oxygens (including phenoxy) is 3. The Bertz CT molecular complexity index is 1080. The van der Waals surface area contributed by atoms with Crippen LogP contribution in [0, 0.1) is 0 Å². The van der Waals surface area contributed by atoms with E-state index in [0.717, 1.165) is 64.2 Å². The highest BCUT2D eigenvalue weighted by Gasteiger charge is 2.19. The first-order chi connectivity index (χ1) is 35.5. The lowest BCUT2D eigenvalue weighted by Crippen LogP contribution is -2.30. The van der Waals surface area contributed by atoms with Crippen molar-refractivity contribution in [1.29, 1.82) is 0 Å². The smallest absolute Gasteiger partial charge is 0.306 e. The summed E-state index contributed by atoms with van der Waals surface area (Å²) in [6.07, 6.45) is 71.9. The van der Waals surface area contributed by atoms with E-state index in [1.165, 1.54) is 283 Å². The number of carbonyl (C=O) groups excluding carboxylic acids is 3. The zero-order valence-electron chi connectivity index (χ0n) is 49.2. The molecule has 428 valence electrons. The van der Waals surface area contributed by atoms with Crippen LogP contribution in [0.2, 0.25) is 0 Å². The summed E-state index contributed by atoms with van der Waals surface area (Å²) in [5.74, 6) is -0.847. The first kappa shape index (κ1) is 70.4.